The summed E-state index contributed by atoms with van der Waals surface area (Å²) in [5, 5.41) is 8.90. The van der Waals surface area contributed by atoms with Crippen LogP contribution in [0.3, 0.4) is 0 Å². The second kappa shape index (κ2) is 3.93. The molecular weight excluding hydrogens is 220 g/mol. The Morgan fingerprint density at radius 2 is 2.06 bits per heavy atom. The Hall–Kier alpha value is -2.30. The number of hydrogen-bond donors (Lipinski definition) is 2. The van der Waals surface area contributed by atoms with Crippen LogP contribution in [0.4, 0.5) is 0 Å². The summed E-state index contributed by atoms with van der Waals surface area (Å²) in [4.78, 5) is 25.2. The zero-order valence-electron chi connectivity index (χ0n) is 9.52. The molecule has 1 aromatic carbocycles. The van der Waals surface area contributed by atoms with Gasteiger partial charge in [0.15, 0.2) is 0 Å². The third-order valence-corrected chi connectivity index (χ3v) is 2.73. The van der Waals surface area contributed by atoms with Gasteiger partial charge in [-0.3, -0.25) is 4.57 Å². The van der Waals surface area contributed by atoms with Crippen molar-refractivity contribution in [2.75, 3.05) is 0 Å². The van der Waals surface area contributed by atoms with E-state index in [-0.39, 0.29) is 11.3 Å². The summed E-state index contributed by atoms with van der Waals surface area (Å²) in [5.41, 5.74) is 2.00. The fourth-order valence-corrected chi connectivity index (χ4v) is 1.72. The van der Waals surface area contributed by atoms with Crippen LogP contribution in [-0.4, -0.2) is 20.6 Å². The highest BCUT2D eigenvalue weighted by Crippen LogP contribution is 2.12. The fourth-order valence-electron chi connectivity index (χ4n) is 1.72. The second-order valence-electron chi connectivity index (χ2n) is 3.83. The predicted molar refractivity (Wildman–Crippen MR) is 62.8 cm³/mol. The molecule has 2 rings (SSSR count). The van der Waals surface area contributed by atoms with E-state index in [0.29, 0.717) is 5.69 Å². The van der Waals surface area contributed by atoms with Gasteiger partial charge in [0.05, 0.1) is 11.3 Å². The largest absolute Gasteiger partial charge is 0.478 e. The number of carboxylic acid groups (broad SMARTS) is 1. The summed E-state index contributed by atoms with van der Waals surface area (Å²) in [7, 11) is 0. The molecule has 0 amide bonds. The summed E-state index contributed by atoms with van der Waals surface area (Å²) < 4.78 is 1.46. The van der Waals surface area contributed by atoms with Crippen molar-refractivity contribution in [1.82, 2.24) is 9.55 Å². The van der Waals surface area contributed by atoms with Crippen molar-refractivity contribution < 1.29 is 9.90 Å². The zero-order chi connectivity index (χ0) is 12.6. The van der Waals surface area contributed by atoms with Crippen molar-refractivity contribution in [2.45, 2.75) is 13.8 Å². The lowest BCUT2D eigenvalue weighted by atomic mass is 10.2. The number of aryl methyl sites for hydroxylation is 1. The average molecular weight is 232 g/mol. The Bertz CT molecular complexity index is 637. The first-order valence-corrected chi connectivity index (χ1v) is 5.12. The highest BCUT2D eigenvalue weighted by Gasteiger charge is 2.10. The molecule has 0 unspecified atom stereocenters. The molecule has 0 spiro atoms. The molecule has 0 aliphatic rings. The molecule has 0 radical (unpaired) electrons. The maximum Gasteiger partial charge on any atom is 0.335 e. The molecule has 1 aromatic heterocycles. The van der Waals surface area contributed by atoms with Crippen molar-refractivity contribution in [3.05, 3.63) is 51.7 Å². The number of aromatic amines is 1. The summed E-state index contributed by atoms with van der Waals surface area (Å²) in [5.74, 6) is -1.01. The maximum absolute atomic E-state index is 11.7. The summed E-state index contributed by atoms with van der Waals surface area (Å²) in [6.45, 7) is 3.61. The summed E-state index contributed by atoms with van der Waals surface area (Å²) in [6.07, 6.45) is 0. The lowest BCUT2D eigenvalue weighted by Gasteiger charge is -2.05. The van der Waals surface area contributed by atoms with Gasteiger partial charge in [-0.25, -0.2) is 9.59 Å². The second-order valence-corrected chi connectivity index (χ2v) is 3.83. The first-order chi connectivity index (χ1) is 8.00. The molecule has 0 fully saturated rings. The lowest BCUT2D eigenvalue weighted by molar-refractivity contribution is 0.0697. The Morgan fingerprint density at radius 1 is 1.35 bits per heavy atom. The van der Waals surface area contributed by atoms with Gasteiger partial charge in [0, 0.05) is 11.4 Å². The molecule has 17 heavy (non-hydrogen) atoms. The van der Waals surface area contributed by atoms with E-state index in [1.54, 1.807) is 26.0 Å². The number of aromatic nitrogens is 2. The minimum Gasteiger partial charge on any atom is -0.478 e. The summed E-state index contributed by atoms with van der Waals surface area (Å²) in [6, 6.07) is 6.29. The Kier molecular flexibility index (Phi) is 2.59. The topological polar surface area (TPSA) is 75.1 Å². The Labute approximate surface area is 97.3 Å². The number of nitrogens with one attached hydrogen (secondary N) is 1. The maximum atomic E-state index is 11.7. The fraction of sp³-hybridized carbons (Fsp3) is 0.167. The minimum atomic E-state index is -1.01. The molecule has 2 N–H and O–H groups in total. The molecule has 0 saturated heterocycles. The van der Waals surface area contributed by atoms with E-state index in [4.69, 9.17) is 5.11 Å². The van der Waals surface area contributed by atoms with E-state index >= 15 is 0 Å². The molecule has 5 nitrogen and oxygen atoms in total. The standard InChI is InChI=1S/C12H12N2O3/c1-7-8(2)14(12(17)13-7)10-5-3-4-9(6-10)11(15)16/h3-6H,1-2H3,(H,13,17)(H,15,16). The van der Waals surface area contributed by atoms with E-state index in [2.05, 4.69) is 4.98 Å². The quantitative estimate of drug-likeness (QED) is 0.823. The number of hydrogen-bond acceptors (Lipinski definition) is 2. The molecule has 1 heterocycles. The van der Waals surface area contributed by atoms with Crippen molar-refractivity contribution in [3.63, 3.8) is 0 Å². The molecule has 0 bridgehead atoms. The highest BCUT2D eigenvalue weighted by atomic mass is 16.4. The van der Waals surface area contributed by atoms with Gasteiger partial charge < -0.3 is 10.1 Å². The molecule has 2 aromatic rings. The van der Waals surface area contributed by atoms with Gasteiger partial charge in [-0.05, 0) is 32.0 Å². The number of rotatable bonds is 2. The number of carbonyl (C=O) groups is 1. The molecule has 88 valence electrons. The SMILES string of the molecule is Cc1[nH]c(=O)n(-c2cccc(C(=O)O)c2)c1C. The molecule has 5 heteroatoms. The van der Waals surface area contributed by atoms with Crippen LogP contribution in [0.1, 0.15) is 21.7 Å². The minimum absolute atomic E-state index is 0.160. The molecule has 0 aliphatic heterocycles. The lowest BCUT2D eigenvalue weighted by Crippen LogP contribution is -2.16. The van der Waals surface area contributed by atoms with E-state index in [9.17, 15) is 9.59 Å². The number of H-pyrrole nitrogens is 1. The van der Waals surface area contributed by atoms with Crippen LogP contribution in [-0.2, 0) is 0 Å². The predicted octanol–water partition coefficient (Wildman–Crippen LogP) is 1.48. The van der Waals surface area contributed by atoms with Gasteiger partial charge in [-0.1, -0.05) is 6.07 Å². The van der Waals surface area contributed by atoms with Crippen LogP contribution in [0.25, 0.3) is 5.69 Å². The van der Waals surface area contributed by atoms with Crippen LogP contribution in [0.2, 0.25) is 0 Å². The summed E-state index contributed by atoms with van der Waals surface area (Å²) >= 11 is 0. The number of imidazole rings is 1. The highest BCUT2D eigenvalue weighted by molar-refractivity contribution is 5.88. The molecule has 0 aliphatic carbocycles. The Balaban J connectivity index is 2.65. The van der Waals surface area contributed by atoms with Crippen LogP contribution < -0.4 is 5.69 Å². The number of aromatic carboxylic acids is 1. The van der Waals surface area contributed by atoms with Crippen LogP contribution in [0.15, 0.2) is 29.1 Å². The van der Waals surface area contributed by atoms with Gasteiger partial charge in [0.25, 0.3) is 0 Å². The van der Waals surface area contributed by atoms with Crippen molar-refractivity contribution >= 4 is 5.97 Å². The van der Waals surface area contributed by atoms with Gasteiger partial charge in [-0.15, -0.1) is 0 Å². The normalized spacial score (nSPS) is 10.5. The van der Waals surface area contributed by atoms with Gasteiger partial charge >= 0.3 is 11.7 Å². The van der Waals surface area contributed by atoms with Crippen LogP contribution in [0, 0.1) is 13.8 Å². The van der Waals surface area contributed by atoms with E-state index in [1.165, 1.54) is 16.7 Å². The van der Waals surface area contributed by atoms with Crippen molar-refractivity contribution in [1.29, 1.82) is 0 Å². The van der Waals surface area contributed by atoms with Crippen molar-refractivity contribution in [2.24, 2.45) is 0 Å². The number of nitrogens with zero attached hydrogens (tertiary/aromatic N) is 1. The van der Waals surface area contributed by atoms with E-state index in [1.807, 2.05) is 0 Å². The van der Waals surface area contributed by atoms with E-state index < -0.39 is 5.97 Å². The third kappa shape index (κ3) is 1.87. The average Bonchev–Trinajstić information content (AvgIpc) is 2.53. The molecule has 0 atom stereocenters. The molecular formula is C12H12N2O3. The number of carboxylic acids is 1. The number of benzene rings is 1. The van der Waals surface area contributed by atoms with Crippen molar-refractivity contribution in [3.8, 4) is 5.69 Å². The zero-order valence-corrected chi connectivity index (χ0v) is 9.52. The first-order valence-electron chi connectivity index (χ1n) is 5.12. The monoisotopic (exact) mass is 232 g/mol. The first kappa shape index (κ1) is 11.2. The third-order valence-electron chi connectivity index (χ3n) is 2.73. The van der Waals surface area contributed by atoms with E-state index in [0.717, 1.165) is 11.4 Å². The van der Waals surface area contributed by atoms with Crippen LogP contribution in [0.5, 0.6) is 0 Å². The van der Waals surface area contributed by atoms with Gasteiger partial charge in [0.2, 0.25) is 0 Å². The molecule has 0 saturated carbocycles. The Morgan fingerprint density at radius 3 is 2.59 bits per heavy atom. The van der Waals surface area contributed by atoms with Crippen LogP contribution >= 0.6 is 0 Å². The van der Waals surface area contributed by atoms with Gasteiger partial charge in [-0.2, -0.15) is 0 Å². The van der Waals surface area contributed by atoms with Gasteiger partial charge in [0.1, 0.15) is 0 Å². The smallest absolute Gasteiger partial charge is 0.335 e.